The van der Waals surface area contributed by atoms with Crippen LogP contribution in [0.25, 0.3) is 0 Å². The zero-order valence-electron chi connectivity index (χ0n) is 19.5. The quantitative estimate of drug-likeness (QED) is 0.299. The number of hydrogen-bond acceptors (Lipinski definition) is 10. The molecular formula is C20H38O10Zr. The maximum absolute atomic E-state index is 10.4. The second kappa shape index (κ2) is 31.2. The van der Waals surface area contributed by atoms with Crippen molar-refractivity contribution in [1.29, 1.82) is 0 Å². The van der Waals surface area contributed by atoms with E-state index in [9.17, 15) is 29.4 Å². The molecule has 0 bridgehead atoms. The topological polar surface area (TPSA) is 173 Å². The number of hydrogen-bond donors (Lipinski definition) is 2. The summed E-state index contributed by atoms with van der Waals surface area (Å²) in [5.41, 5.74) is 0. The molecule has 0 aliphatic rings. The van der Waals surface area contributed by atoms with Crippen LogP contribution in [-0.2, 0) is 54.9 Å². The summed E-state index contributed by atoms with van der Waals surface area (Å²) < 4.78 is 9.11. The molecule has 0 saturated heterocycles. The van der Waals surface area contributed by atoms with E-state index in [1.807, 2.05) is 13.8 Å². The zero-order chi connectivity index (χ0) is 24.5. The molecule has 0 amide bonds. The largest absolute Gasteiger partial charge is 2.00 e. The SMILES string of the molecule is CCCC(=O)CC(=O)[O-].CCCC(=O)CC(=O)[O-].COCC(C)O.COCC(C)O.[Zr+2]. The molecule has 0 aliphatic heterocycles. The number of carboxylic acid groups (broad SMARTS) is 2. The zero-order valence-corrected chi connectivity index (χ0v) is 21.9. The molecule has 0 radical (unpaired) electrons. The van der Waals surface area contributed by atoms with E-state index in [1.54, 1.807) is 28.1 Å². The molecular weight excluding hydrogens is 491 g/mol. The van der Waals surface area contributed by atoms with E-state index in [0.717, 1.165) is 0 Å². The van der Waals surface area contributed by atoms with Crippen molar-refractivity contribution in [3.8, 4) is 0 Å². The standard InChI is InChI=1S/2C6H10O3.2C4H10O2.Zr/c2*1-2-3-5(7)4-6(8)9;2*1-4(5)3-6-2;/h2*2-4H2,1H3,(H,8,9);2*4-5H,3H2,1-2H3;/q;;;;+2/p-2. The van der Waals surface area contributed by atoms with E-state index in [0.29, 0.717) is 38.9 Å². The summed E-state index contributed by atoms with van der Waals surface area (Å²) in [5, 5.41) is 36.4. The van der Waals surface area contributed by atoms with Crippen molar-refractivity contribution in [3.63, 3.8) is 0 Å². The van der Waals surface area contributed by atoms with E-state index in [4.69, 9.17) is 10.2 Å². The first-order chi connectivity index (χ1) is 13.9. The van der Waals surface area contributed by atoms with E-state index < -0.39 is 24.8 Å². The molecule has 182 valence electrons. The van der Waals surface area contributed by atoms with E-state index >= 15 is 0 Å². The second-order valence-corrected chi connectivity index (χ2v) is 6.28. The van der Waals surface area contributed by atoms with Crippen LogP contribution in [0.15, 0.2) is 0 Å². The molecule has 0 spiro atoms. The Morgan fingerprint density at radius 1 is 0.742 bits per heavy atom. The fourth-order valence-corrected chi connectivity index (χ4v) is 1.54. The number of Topliss-reactive ketones (excluding diaryl/α,β-unsaturated/α-hetero) is 2. The minimum Gasteiger partial charge on any atom is -0.550 e. The number of aliphatic carboxylic acids is 2. The van der Waals surface area contributed by atoms with Gasteiger partial charge in [-0.05, 0) is 26.7 Å². The molecule has 2 unspecified atom stereocenters. The Hall–Kier alpha value is -0.997. The van der Waals surface area contributed by atoms with Gasteiger partial charge in [-0.3, -0.25) is 9.59 Å². The average Bonchev–Trinajstić information content (AvgIpc) is 2.55. The Morgan fingerprint density at radius 3 is 1.10 bits per heavy atom. The molecule has 31 heavy (non-hydrogen) atoms. The summed E-state index contributed by atoms with van der Waals surface area (Å²) in [6.45, 7) is 7.88. The number of aliphatic hydroxyl groups excluding tert-OH is 2. The van der Waals surface area contributed by atoms with Gasteiger partial charge in [-0.1, -0.05) is 13.8 Å². The van der Waals surface area contributed by atoms with Crippen LogP contribution < -0.4 is 10.2 Å². The predicted octanol–water partition coefficient (Wildman–Crippen LogP) is -0.984. The number of carbonyl (C=O) groups excluding carboxylic acids is 4. The number of aliphatic hydroxyl groups is 2. The third-order valence-electron chi connectivity index (χ3n) is 2.56. The molecule has 0 rings (SSSR count). The van der Waals surface area contributed by atoms with Crippen LogP contribution in [0.5, 0.6) is 0 Å². The monoisotopic (exact) mass is 528 g/mol. The Labute approximate surface area is 204 Å². The molecule has 0 aromatic carbocycles. The maximum atomic E-state index is 10.4. The summed E-state index contributed by atoms with van der Waals surface area (Å²) in [5.74, 6) is -3.07. The summed E-state index contributed by atoms with van der Waals surface area (Å²) in [6.07, 6.45) is 0.562. The smallest absolute Gasteiger partial charge is 0.550 e. The van der Waals surface area contributed by atoms with E-state index in [-0.39, 0.29) is 50.0 Å². The first-order valence-corrected chi connectivity index (χ1v) is 9.64. The van der Waals surface area contributed by atoms with Gasteiger partial charge in [-0.2, -0.15) is 0 Å². The summed E-state index contributed by atoms with van der Waals surface area (Å²) in [7, 11) is 3.12. The van der Waals surface area contributed by atoms with Crippen molar-refractivity contribution in [2.45, 2.75) is 78.4 Å². The molecule has 0 aliphatic carbocycles. The van der Waals surface area contributed by atoms with Gasteiger partial charge in [0.05, 0.1) is 25.4 Å². The first-order valence-electron chi connectivity index (χ1n) is 9.64. The van der Waals surface area contributed by atoms with Gasteiger partial charge in [-0.25, -0.2) is 0 Å². The predicted molar refractivity (Wildman–Crippen MR) is 106 cm³/mol. The average molecular weight is 530 g/mol. The maximum Gasteiger partial charge on any atom is 2.00 e. The Morgan fingerprint density at radius 2 is 1.00 bits per heavy atom. The number of carboxylic acids is 2. The van der Waals surface area contributed by atoms with E-state index in [2.05, 4.69) is 9.47 Å². The van der Waals surface area contributed by atoms with Crippen molar-refractivity contribution in [2.24, 2.45) is 0 Å². The molecule has 2 N–H and O–H groups in total. The van der Waals surface area contributed by atoms with Gasteiger partial charge in [0, 0.05) is 51.8 Å². The van der Waals surface area contributed by atoms with Crippen molar-refractivity contribution in [2.75, 3.05) is 27.4 Å². The summed E-state index contributed by atoms with van der Waals surface area (Å²) >= 11 is 0. The van der Waals surface area contributed by atoms with Crippen LogP contribution in [0.4, 0.5) is 0 Å². The fourth-order valence-electron chi connectivity index (χ4n) is 1.54. The van der Waals surface area contributed by atoms with E-state index in [1.165, 1.54) is 0 Å². The molecule has 10 nitrogen and oxygen atoms in total. The van der Waals surface area contributed by atoms with Crippen molar-refractivity contribution >= 4 is 23.5 Å². The van der Waals surface area contributed by atoms with Gasteiger partial charge in [0.1, 0.15) is 11.6 Å². The van der Waals surface area contributed by atoms with Gasteiger partial charge >= 0.3 is 26.2 Å². The summed E-state index contributed by atoms with van der Waals surface area (Å²) in [4.78, 5) is 40.4. The minimum atomic E-state index is -1.28. The molecule has 0 aromatic heterocycles. The first kappa shape index (κ1) is 40.4. The van der Waals surface area contributed by atoms with Crippen molar-refractivity contribution in [1.82, 2.24) is 0 Å². The number of rotatable bonds is 12. The van der Waals surface area contributed by atoms with Gasteiger partial charge in [0.2, 0.25) is 0 Å². The molecule has 0 fully saturated rings. The van der Waals surface area contributed by atoms with Crippen LogP contribution in [0.3, 0.4) is 0 Å². The minimum absolute atomic E-state index is 0. The number of ketones is 2. The molecule has 11 heteroatoms. The number of carbonyl (C=O) groups is 4. The van der Waals surface area contributed by atoms with Gasteiger partial charge < -0.3 is 39.5 Å². The fraction of sp³-hybridized carbons (Fsp3) is 0.800. The third-order valence-corrected chi connectivity index (χ3v) is 2.56. The van der Waals surface area contributed by atoms with Crippen LogP contribution in [0.2, 0.25) is 0 Å². The second-order valence-electron chi connectivity index (χ2n) is 6.28. The number of methoxy groups -OCH3 is 2. The molecule has 0 aromatic rings. The molecule has 0 saturated carbocycles. The van der Waals surface area contributed by atoms with Crippen LogP contribution in [0.1, 0.15) is 66.2 Å². The summed E-state index contributed by atoms with van der Waals surface area (Å²) in [6, 6.07) is 0. The van der Waals surface area contributed by atoms with Crippen molar-refractivity contribution < 1.29 is 75.3 Å². The van der Waals surface area contributed by atoms with Gasteiger partial charge in [-0.15, -0.1) is 0 Å². The Kier molecular flexibility index (Phi) is 40.6. The molecule has 0 heterocycles. The Bertz CT molecular complexity index is 400. The van der Waals surface area contributed by atoms with Crippen LogP contribution >= 0.6 is 0 Å². The van der Waals surface area contributed by atoms with Crippen LogP contribution in [0, 0.1) is 0 Å². The van der Waals surface area contributed by atoms with Crippen LogP contribution in [-0.4, -0.2) is 73.4 Å². The van der Waals surface area contributed by atoms with Gasteiger partial charge in [0.25, 0.3) is 0 Å². The number of ether oxygens (including phenoxy) is 2. The van der Waals surface area contributed by atoms with Crippen molar-refractivity contribution in [3.05, 3.63) is 0 Å². The van der Waals surface area contributed by atoms with Gasteiger partial charge in [0.15, 0.2) is 0 Å². The molecule has 2 atom stereocenters. The normalized spacial score (nSPS) is 10.8. The third kappa shape index (κ3) is 58.6. The Balaban J connectivity index is -0.0000000977.